The highest BCUT2D eigenvalue weighted by Crippen LogP contribution is 2.28. The molecule has 5 heteroatoms. The number of furan rings is 1. The van der Waals surface area contributed by atoms with Gasteiger partial charge in [-0.05, 0) is 38.7 Å². The zero-order valence-electron chi connectivity index (χ0n) is 12.6. The molecule has 2 heterocycles. The first-order valence-electron chi connectivity index (χ1n) is 7.55. The number of rotatable bonds is 5. The van der Waals surface area contributed by atoms with E-state index in [-0.39, 0.29) is 12.1 Å². The Morgan fingerprint density at radius 1 is 1.43 bits per heavy atom. The van der Waals surface area contributed by atoms with Gasteiger partial charge in [0.1, 0.15) is 11.5 Å². The lowest BCUT2D eigenvalue weighted by Gasteiger charge is -2.16. The molecule has 0 saturated heterocycles. The summed E-state index contributed by atoms with van der Waals surface area (Å²) in [6.07, 6.45) is 7.18. The highest BCUT2D eigenvalue weighted by atomic mass is 16.3. The maximum atomic E-state index is 10.2. The number of aryl methyl sites for hydroxylation is 2. The zero-order chi connectivity index (χ0) is 14.8. The molecule has 2 aromatic heterocycles. The van der Waals surface area contributed by atoms with Crippen molar-refractivity contribution in [3.8, 4) is 0 Å². The normalized spacial score (nSPS) is 25.6. The Bertz CT molecular complexity index is 576. The largest absolute Gasteiger partial charge is 0.466 e. The van der Waals surface area contributed by atoms with Crippen molar-refractivity contribution in [2.75, 3.05) is 0 Å². The number of aliphatic hydroxyl groups is 1. The molecule has 114 valence electrons. The van der Waals surface area contributed by atoms with Gasteiger partial charge in [-0.15, -0.1) is 0 Å². The number of hydrogen-bond acceptors (Lipinski definition) is 4. The smallest absolute Gasteiger partial charge is 0.105 e. The summed E-state index contributed by atoms with van der Waals surface area (Å²) in [7, 11) is 0. The molecular weight excluding hydrogens is 266 g/mol. The van der Waals surface area contributed by atoms with Gasteiger partial charge in [-0.1, -0.05) is 0 Å². The molecule has 5 nitrogen and oxygen atoms in total. The summed E-state index contributed by atoms with van der Waals surface area (Å²) in [4.78, 5) is 4.06. The van der Waals surface area contributed by atoms with E-state index in [1.807, 2.05) is 26.4 Å². The molecule has 1 unspecified atom stereocenters. The van der Waals surface area contributed by atoms with Crippen LogP contribution in [0.1, 0.15) is 29.9 Å². The number of aliphatic hydroxyl groups excluding tert-OH is 1. The van der Waals surface area contributed by atoms with Crippen LogP contribution in [0.25, 0.3) is 0 Å². The van der Waals surface area contributed by atoms with Crippen LogP contribution in [-0.2, 0) is 13.1 Å². The number of aromatic nitrogens is 2. The molecule has 0 amide bonds. The minimum absolute atomic E-state index is 0.160. The zero-order valence-corrected chi connectivity index (χ0v) is 12.6. The molecule has 3 atom stereocenters. The molecular formula is C16H23N3O2. The molecule has 0 aromatic carbocycles. The van der Waals surface area contributed by atoms with Crippen molar-refractivity contribution in [2.45, 2.75) is 51.9 Å². The Morgan fingerprint density at radius 3 is 2.95 bits per heavy atom. The Kier molecular flexibility index (Phi) is 4.12. The Balaban J connectivity index is 1.53. The van der Waals surface area contributed by atoms with Gasteiger partial charge in [-0.25, -0.2) is 4.98 Å². The van der Waals surface area contributed by atoms with E-state index >= 15 is 0 Å². The van der Waals surface area contributed by atoms with Crippen LogP contribution >= 0.6 is 0 Å². The number of nitrogens with one attached hydrogen (secondary N) is 1. The van der Waals surface area contributed by atoms with Gasteiger partial charge in [0.25, 0.3) is 0 Å². The first-order chi connectivity index (χ1) is 10.1. The molecule has 1 saturated carbocycles. The maximum absolute atomic E-state index is 10.2. The van der Waals surface area contributed by atoms with E-state index in [1.54, 1.807) is 6.20 Å². The van der Waals surface area contributed by atoms with E-state index < -0.39 is 0 Å². The van der Waals surface area contributed by atoms with Crippen LogP contribution in [0.2, 0.25) is 0 Å². The van der Waals surface area contributed by atoms with Gasteiger partial charge < -0.3 is 19.4 Å². The van der Waals surface area contributed by atoms with E-state index in [0.29, 0.717) is 5.92 Å². The van der Waals surface area contributed by atoms with Crippen LogP contribution in [0.15, 0.2) is 29.2 Å². The second-order valence-corrected chi connectivity index (χ2v) is 6.09. The fourth-order valence-electron chi connectivity index (χ4n) is 3.28. The van der Waals surface area contributed by atoms with Crippen molar-refractivity contribution in [3.63, 3.8) is 0 Å². The van der Waals surface area contributed by atoms with Gasteiger partial charge in [-0.2, -0.15) is 0 Å². The average molecular weight is 289 g/mol. The first-order valence-corrected chi connectivity index (χ1v) is 7.55. The number of nitrogens with zero attached hydrogens (tertiary/aromatic N) is 2. The van der Waals surface area contributed by atoms with E-state index in [1.165, 1.54) is 5.56 Å². The van der Waals surface area contributed by atoms with Crippen LogP contribution in [0, 0.1) is 19.8 Å². The van der Waals surface area contributed by atoms with Crippen molar-refractivity contribution >= 4 is 0 Å². The van der Waals surface area contributed by atoms with E-state index in [4.69, 9.17) is 4.42 Å². The molecule has 1 aliphatic rings. The third-order valence-corrected chi connectivity index (χ3v) is 4.35. The lowest BCUT2D eigenvalue weighted by atomic mass is 10.1. The van der Waals surface area contributed by atoms with Crippen LogP contribution < -0.4 is 5.32 Å². The maximum Gasteiger partial charge on any atom is 0.105 e. The Morgan fingerprint density at radius 2 is 2.29 bits per heavy atom. The molecule has 0 bridgehead atoms. The van der Waals surface area contributed by atoms with Crippen LogP contribution in [0.5, 0.6) is 0 Å². The lowest BCUT2D eigenvalue weighted by Crippen LogP contribution is -2.35. The van der Waals surface area contributed by atoms with Gasteiger partial charge in [0.15, 0.2) is 0 Å². The molecule has 1 aliphatic carbocycles. The van der Waals surface area contributed by atoms with E-state index in [9.17, 15) is 5.11 Å². The minimum Gasteiger partial charge on any atom is -0.466 e. The minimum atomic E-state index is -0.271. The van der Waals surface area contributed by atoms with Crippen molar-refractivity contribution in [3.05, 3.63) is 41.9 Å². The lowest BCUT2D eigenvalue weighted by molar-refractivity contribution is 0.145. The summed E-state index contributed by atoms with van der Waals surface area (Å²) in [5.74, 6) is 2.40. The molecule has 1 fully saturated rings. The van der Waals surface area contributed by atoms with E-state index in [0.717, 1.165) is 37.5 Å². The summed E-state index contributed by atoms with van der Waals surface area (Å²) in [6, 6.07) is 2.22. The van der Waals surface area contributed by atoms with Gasteiger partial charge in [0, 0.05) is 37.1 Å². The van der Waals surface area contributed by atoms with Gasteiger partial charge in [0.2, 0.25) is 0 Å². The van der Waals surface area contributed by atoms with Crippen LogP contribution in [0.3, 0.4) is 0 Å². The van der Waals surface area contributed by atoms with Crippen molar-refractivity contribution in [1.82, 2.24) is 14.9 Å². The Hall–Kier alpha value is -1.59. The van der Waals surface area contributed by atoms with Crippen LogP contribution in [-0.4, -0.2) is 26.8 Å². The second-order valence-electron chi connectivity index (χ2n) is 6.09. The van der Waals surface area contributed by atoms with Gasteiger partial charge in [0.05, 0.1) is 12.4 Å². The van der Waals surface area contributed by atoms with E-state index in [2.05, 4.69) is 20.9 Å². The summed E-state index contributed by atoms with van der Waals surface area (Å²) in [5, 5.41) is 13.7. The topological polar surface area (TPSA) is 63.2 Å². The van der Waals surface area contributed by atoms with Gasteiger partial charge in [-0.3, -0.25) is 0 Å². The molecule has 0 spiro atoms. The fraction of sp³-hybridized carbons (Fsp3) is 0.562. The fourth-order valence-corrected chi connectivity index (χ4v) is 3.28. The third-order valence-electron chi connectivity index (χ3n) is 4.35. The predicted molar refractivity (Wildman–Crippen MR) is 79.8 cm³/mol. The average Bonchev–Trinajstić information content (AvgIpc) is 3.11. The molecule has 21 heavy (non-hydrogen) atoms. The highest BCUT2D eigenvalue weighted by Gasteiger charge is 2.32. The molecule has 2 aromatic rings. The standard InChI is InChI=1S/C16H23N3O2/c1-11-5-14(12(2)21-11)8-18-15-6-13(7-16(15)20)9-19-4-3-17-10-19/h3-5,10,13,15-16,18,20H,6-9H2,1-2H3/t13?,15-,16-/m1/s1. The Labute approximate surface area is 125 Å². The molecule has 3 rings (SSSR count). The number of imidazole rings is 1. The monoisotopic (exact) mass is 289 g/mol. The number of hydrogen-bond donors (Lipinski definition) is 2. The molecule has 2 N–H and O–H groups in total. The summed E-state index contributed by atoms with van der Waals surface area (Å²) >= 11 is 0. The quantitative estimate of drug-likeness (QED) is 0.884. The summed E-state index contributed by atoms with van der Waals surface area (Å²) < 4.78 is 7.62. The predicted octanol–water partition coefficient (Wildman–Crippen LogP) is 2.02. The van der Waals surface area contributed by atoms with Crippen molar-refractivity contribution < 1.29 is 9.52 Å². The van der Waals surface area contributed by atoms with Crippen molar-refractivity contribution in [1.29, 1.82) is 0 Å². The SMILES string of the molecule is Cc1cc(CN[C@@H]2CC(Cn3ccnc3)C[C@H]2O)c(C)o1. The van der Waals surface area contributed by atoms with Gasteiger partial charge >= 0.3 is 0 Å². The third kappa shape index (κ3) is 3.36. The first kappa shape index (κ1) is 14.4. The van der Waals surface area contributed by atoms with Crippen molar-refractivity contribution in [2.24, 2.45) is 5.92 Å². The molecule has 0 radical (unpaired) electrons. The highest BCUT2D eigenvalue weighted by molar-refractivity contribution is 5.20. The molecule has 0 aliphatic heterocycles. The van der Waals surface area contributed by atoms with Crippen LogP contribution in [0.4, 0.5) is 0 Å². The summed E-state index contributed by atoms with van der Waals surface area (Å²) in [6.45, 7) is 5.63. The summed E-state index contributed by atoms with van der Waals surface area (Å²) in [5.41, 5.74) is 1.18. The second kappa shape index (κ2) is 6.03.